The third kappa shape index (κ3) is 4.97. The van der Waals surface area contributed by atoms with E-state index in [1.165, 1.54) is 0 Å². The SMILES string of the molecule is Cl.NCC1(C(=O)NCc2cccc(Oc3ccccc3)c2)CCOCC1. The minimum atomic E-state index is -0.504. The van der Waals surface area contributed by atoms with Gasteiger partial charge in [0.2, 0.25) is 5.91 Å². The van der Waals surface area contributed by atoms with Crippen molar-refractivity contribution in [2.24, 2.45) is 11.1 Å². The number of halogens is 1. The van der Waals surface area contributed by atoms with E-state index in [1.54, 1.807) is 0 Å². The molecule has 1 aliphatic rings. The standard InChI is InChI=1S/C20H24N2O3.ClH/c21-15-20(9-11-24-12-10-20)19(23)22-14-16-5-4-8-18(13-16)25-17-6-2-1-3-7-17;/h1-8,13H,9-12,14-15,21H2,(H,22,23);1H. The van der Waals surface area contributed by atoms with Crippen LogP contribution in [0.3, 0.4) is 0 Å². The lowest BCUT2D eigenvalue weighted by Crippen LogP contribution is -2.48. The number of ether oxygens (including phenoxy) is 2. The molecule has 1 fully saturated rings. The second kappa shape index (κ2) is 9.57. The Labute approximate surface area is 160 Å². The molecule has 2 aromatic carbocycles. The largest absolute Gasteiger partial charge is 0.457 e. The monoisotopic (exact) mass is 376 g/mol. The van der Waals surface area contributed by atoms with E-state index in [1.807, 2.05) is 54.6 Å². The Morgan fingerprint density at radius 1 is 1.08 bits per heavy atom. The fourth-order valence-corrected chi connectivity index (χ4v) is 3.00. The van der Waals surface area contributed by atoms with E-state index in [2.05, 4.69) is 5.32 Å². The molecule has 0 unspecified atom stereocenters. The Balaban J connectivity index is 0.00000243. The Morgan fingerprint density at radius 3 is 2.46 bits per heavy atom. The molecule has 0 aliphatic carbocycles. The first-order valence-electron chi connectivity index (χ1n) is 8.60. The number of benzene rings is 2. The summed E-state index contributed by atoms with van der Waals surface area (Å²) >= 11 is 0. The molecule has 1 amide bonds. The zero-order chi connectivity index (χ0) is 17.5. The molecule has 6 heteroatoms. The van der Waals surface area contributed by atoms with Gasteiger partial charge in [-0.05, 0) is 42.7 Å². The zero-order valence-electron chi connectivity index (χ0n) is 14.6. The smallest absolute Gasteiger partial charge is 0.227 e. The number of carbonyl (C=O) groups is 1. The van der Waals surface area contributed by atoms with Crippen LogP contribution in [0.4, 0.5) is 0 Å². The third-order valence-electron chi connectivity index (χ3n) is 4.65. The van der Waals surface area contributed by atoms with Crippen LogP contribution >= 0.6 is 12.4 Å². The number of hydrogen-bond donors (Lipinski definition) is 2. The van der Waals surface area contributed by atoms with Gasteiger partial charge in [-0.2, -0.15) is 0 Å². The molecule has 0 aromatic heterocycles. The molecule has 140 valence electrons. The van der Waals surface area contributed by atoms with Gasteiger partial charge in [-0.1, -0.05) is 30.3 Å². The Bertz CT molecular complexity index is 703. The number of carbonyl (C=O) groups excluding carboxylic acids is 1. The summed E-state index contributed by atoms with van der Waals surface area (Å²) in [7, 11) is 0. The van der Waals surface area contributed by atoms with Crippen molar-refractivity contribution in [3.63, 3.8) is 0 Å². The van der Waals surface area contributed by atoms with Gasteiger partial charge in [-0.15, -0.1) is 12.4 Å². The van der Waals surface area contributed by atoms with Crippen molar-refractivity contribution in [2.75, 3.05) is 19.8 Å². The van der Waals surface area contributed by atoms with Gasteiger partial charge in [-0.25, -0.2) is 0 Å². The number of hydrogen-bond acceptors (Lipinski definition) is 4. The van der Waals surface area contributed by atoms with Gasteiger partial charge >= 0.3 is 0 Å². The molecule has 1 aliphatic heterocycles. The van der Waals surface area contributed by atoms with Crippen molar-refractivity contribution in [1.82, 2.24) is 5.32 Å². The first kappa shape index (κ1) is 20.2. The van der Waals surface area contributed by atoms with Gasteiger partial charge < -0.3 is 20.5 Å². The Kier molecular flexibility index (Phi) is 7.45. The number of nitrogens with one attached hydrogen (secondary N) is 1. The molecule has 3 rings (SSSR count). The maximum Gasteiger partial charge on any atom is 0.227 e. The summed E-state index contributed by atoms with van der Waals surface area (Å²) in [4.78, 5) is 12.6. The van der Waals surface area contributed by atoms with Gasteiger partial charge in [-0.3, -0.25) is 4.79 Å². The summed E-state index contributed by atoms with van der Waals surface area (Å²) in [6.07, 6.45) is 1.35. The van der Waals surface area contributed by atoms with Crippen molar-refractivity contribution in [2.45, 2.75) is 19.4 Å². The molecule has 1 heterocycles. The van der Waals surface area contributed by atoms with Crippen LogP contribution in [0.1, 0.15) is 18.4 Å². The van der Waals surface area contributed by atoms with E-state index in [0.29, 0.717) is 39.1 Å². The average molecular weight is 377 g/mol. The van der Waals surface area contributed by atoms with Crippen molar-refractivity contribution >= 4 is 18.3 Å². The van der Waals surface area contributed by atoms with E-state index in [4.69, 9.17) is 15.2 Å². The number of amides is 1. The van der Waals surface area contributed by atoms with Crippen molar-refractivity contribution in [1.29, 1.82) is 0 Å². The van der Waals surface area contributed by atoms with Gasteiger partial charge in [0.1, 0.15) is 11.5 Å². The van der Waals surface area contributed by atoms with Crippen molar-refractivity contribution in [3.05, 3.63) is 60.2 Å². The molecular formula is C20H25ClN2O3. The predicted octanol–water partition coefficient (Wildman–Crippen LogP) is 3.27. The summed E-state index contributed by atoms with van der Waals surface area (Å²) < 4.78 is 11.2. The first-order valence-corrected chi connectivity index (χ1v) is 8.60. The Hall–Kier alpha value is -2.08. The van der Waals surface area contributed by atoms with E-state index >= 15 is 0 Å². The summed E-state index contributed by atoms with van der Waals surface area (Å²) in [6, 6.07) is 17.4. The summed E-state index contributed by atoms with van der Waals surface area (Å²) in [6.45, 7) is 1.98. The molecular weight excluding hydrogens is 352 g/mol. The lowest BCUT2D eigenvalue weighted by Gasteiger charge is -2.34. The second-order valence-corrected chi connectivity index (χ2v) is 6.34. The molecule has 26 heavy (non-hydrogen) atoms. The average Bonchev–Trinajstić information content (AvgIpc) is 2.68. The van der Waals surface area contributed by atoms with E-state index in [-0.39, 0.29) is 18.3 Å². The maximum atomic E-state index is 12.6. The molecule has 3 N–H and O–H groups in total. The summed E-state index contributed by atoms with van der Waals surface area (Å²) in [5.74, 6) is 1.54. The van der Waals surface area contributed by atoms with Crippen LogP contribution in [-0.4, -0.2) is 25.7 Å². The van der Waals surface area contributed by atoms with Crippen LogP contribution in [0.25, 0.3) is 0 Å². The molecule has 0 atom stereocenters. The number of rotatable bonds is 6. The second-order valence-electron chi connectivity index (χ2n) is 6.34. The van der Waals surface area contributed by atoms with Gasteiger partial charge in [0.25, 0.3) is 0 Å². The zero-order valence-corrected chi connectivity index (χ0v) is 15.5. The minimum absolute atomic E-state index is 0. The predicted molar refractivity (Wildman–Crippen MR) is 104 cm³/mol. The third-order valence-corrected chi connectivity index (χ3v) is 4.65. The van der Waals surface area contributed by atoms with E-state index < -0.39 is 5.41 Å². The topological polar surface area (TPSA) is 73.6 Å². The minimum Gasteiger partial charge on any atom is -0.457 e. The van der Waals surface area contributed by atoms with Crippen molar-refractivity contribution < 1.29 is 14.3 Å². The number of para-hydroxylation sites is 1. The highest BCUT2D eigenvalue weighted by Gasteiger charge is 2.38. The van der Waals surface area contributed by atoms with Crippen LogP contribution in [0.15, 0.2) is 54.6 Å². The molecule has 0 radical (unpaired) electrons. The highest BCUT2D eigenvalue weighted by molar-refractivity contribution is 5.85. The highest BCUT2D eigenvalue weighted by Crippen LogP contribution is 2.29. The normalized spacial score (nSPS) is 15.6. The van der Waals surface area contributed by atoms with Crippen molar-refractivity contribution in [3.8, 4) is 11.5 Å². The Morgan fingerprint density at radius 2 is 1.77 bits per heavy atom. The van der Waals surface area contributed by atoms with E-state index in [0.717, 1.165) is 17.1 Å². The first-order chi connectivity index (χ1) is 12.2. The molecule has 1 saturated heterocycles. The molecule has 5 nitrogen and oxygen atoms in total. The van der Waals surface area contributed by atoms with Gasteiger partial charge in [0.05, 0.1) is 5.41 Å². The van der Waals surface area contributed by atoms with Gasteiger partial charge in [0, 0.05) is 26.3 Å². The van der Waals surface area contributed by atoms with Gasteiger partial charge in [0.15, 0.2) is 0 Å². The number of nitrogens with two attached hydrogens (primary N) is 1. The van der Waals surface area contributed by atoms with Crippen LogP contribution in [0, 0.1) is 5.41 Å². The fraction of sp³-hybridized carbons (Fsp3) is 0.350. The molecule has 0 saturated carbocycles. The highest BCUT2D eigenvalue weighted by atomic mass is 35.5. The lowest BCUT2D eigenvalue weighted by molar-refractivity contribution is -0.136. The van der Waals surface area contributed by atoms with Crippen LogP contribution < -0.4 is 15.8 Å². The van der Waals surface area contributed by atoms with E-state index in [9.17, 15) is 4.79 Å². The van der Waals surface area contributed by atoms with Crippen LogP contribution in [0.2, 0.25) is 0 Å². The van der Waals surface area contributed by atoms with Crippen LogP contribution in [-0.2, 0) is 16.1 Å². The molecule has 2 aromatic rings. The summed E-state index contributed by atoms with van der Waals surface area (Å²) in [5.41, 5.74) is 6.37. The molecule has 0 bridgehead atoms. The fourth-order valence-electron chi connectivity index (χ4n) is 3.00. The lowest BCUT2D eigenvalue weighted by atomic mass is 9.79. The maximum absolute atomic E-state index is 12.6. The molecule has 0 spiro atoms. The quantitative estimate of drug-likeness (QED) is 0.811. The summed E-state index contributed by atoms with van der Waals surface area (Å²) in [5, 5.41) is 3.02. The van der Waals surface area contributed by atoms with Crippen LogP contribution in [0.5, 0.6) is 11.5 Å².